The van der Waals surface area contributed by atoms with Crippen molar-refractivity contribution in [2.75, 3.05) is 26.1 Å². The minimum atomic E-state index is -0.561. The third kappa shape index (κ3) is 4.28. The normalized spacial score (nSPS) is 15.5. The van der Waals surface area contributed by atoms with Gasteiger partial charge in [0.2, 0.25) is 5.91 Å². The Labute approximate surface area is 203 Å². The van der Waals surface area contributed by atoms with Gasteiger partial charge in [0.25, 0.3) is 5.56 Å². The van der Waals surface area contributed by atoms with Gasteiger partial charge in [-0.15, -0.1) is 11.3 Å². The first-order valence-corrected chi connectivity index (χ1v) is 12.0. The van der Waals surface area contributed by atoms with Crippen molar-refractivity contribution in [2.45, 2.75) is 32.0 Å². The van der Waals surface area contributed by atoms with Gasteiger partial charge in [-0.1, -0.05) is 0 Å². The number of pyridine rings is 1. The van der Waals surface area contributed by atoms with Crippen molar-refractivity contribution in [3.8, 4) is 11.5 Å². The molecule has 3 aromatic heterocycles. The highest BCUT2D eigenvalue weighted by Gasteiger charge is 2.24. The van der Waals surface area contributed by atoms with Gasteiger partial charge in [-0.05, 0) is 37.1 Å². The van der Waals surface area contributed by atoms with Gasteiger partial charge < -0.3 is 19.5 Å². The first-order chi connectivity index (χ1) is 17.0. The van der Waals surface area contributed by atoms with E-state index in [4.69, 9.17) is 14.2 Å². The predicted octanol–water partition coefficient (Wildman–Crippen LogP) is 2.61. The molecule has 1 fully saturated rings. The molecule has 1 saturated heterocycles. The molecule has 4 aromatic rings. The van der Waals surface area contributed by atoms with E-state index in [0.29, 0.717) is 44.2 Å². The Bertz CT molecular complexity index is 1530. The van der Waals surface area contributed by atoms with Gasteiger partial charge in [0.05, 0.1) is 38.1 Å². The van der Waals surface area contributed by atoms with Crippen LogP contribution in [0.3, 0.4) is 0 Å². The van der Waals surface area contributed by atoms with Crippen molar-refractivity contribution < 1.29 is 19.0 Å². The number of thiophene rings is 1. The SMILES string of the molecule is COc1ccc(OC)c(NC(=O)Cn2c(=O)n(C[C@@H]3CCCO3)c(=O)c3sc4ncccc4c32)c1. The number of fused-ring (bicyclic) bond motifs is 3. The van der Waals surface area contributed by atoms with Gasteiger partial charge in [0.1, 0.15) is 27.6 Å². The van der Waals surface area contributed by atoms with Crippen LogP contribution in [0, 0.1) is 0 Å². The van der Waals surface area contributed by atoms with Crippen molar-refractivity contribution in [2.24, 2.45) is 0 Å². The summed E-state index contributed by atoms with van der Waals surface area (Å²) in [5.74, 6) is 0.538. The van der Waals surface area contributed by atoms with E-state index >= 15 is 0 Å². The summed E-state index contributed by atoms with van der Waals surface area (Å²) in [5.41, 5.74) is -0.140. The molecule has 11 heteroatoms. The fourth-order valence-corrected chi connectivity index (χ4v) is 5.42. The van der Waals surface area contributed by atoms with Gasteiger partial charge >= 0.3 is 5.69 Å². The largest absolute Gasteiger partial charge is 0.497 e. The second-order valence-corrected chi connectivity index (χ2v) is 9.17. The summed E-state index contributed by atoms with van der Waals surface area (Å²) >= 11 is 1.21. The Morgan fingerprint density at radius 3 is 2.83 bits per heavy atom. The summed E-state index contributed by atoms with van der Waals surface area (Å²) in [4.78, 5) is 45.0. The minimum Gasteiger partial charge on any atom is -0.497 e. The number of rotatable bonds is 7. The number of nitrogens with one attached hydrogen (secondary N) is 1. The summed E-state index contributed by atoms with van der Waals surface area (Å²) in [6.45, 7) is 0.441. The second-order valence-electron chi connectivity index (χ2n) is 8.17. The number of nitrogens with zero attached hydrogens (tertiary/aromatic N) is 3. The summed E-state index contributed by atoms with van der Waals surface area (Å²) in [7, 11) is 3.02. The monoisotopic (exact) mass is 496 g/mol. The van der Waals surface area contributed by atoms with Crippen molar-refractivity contribution in [1.29, 1.82) is 0 Å². The third-order valence-electron chi connectivity index (χ3n) is 6.00. The molecule has 35 heavy (non-hydrogen) atoms. The van der Waals surface area contributed by atoms with Gasteiger partial charge in [0.15, 0.2) is 0 Å². The van der Waals surface area contributed by atoms with E-state index in [9.17, 15) is 14.4 Å². The molecular formula is C24H24N4O6S. The Morgan fingerprint density at radius 2 is 2.09 bits per heavy atom. The lowest BCUT2D eigenvalue weighted by atomic mass is 10.2. The van der Waals surface area contributed by atoms with Crippen LogP contribution in [-0.2, 0) is 22.6 Å². The molecule has 1 aliphatic rings. The Balaban J connectivity index is 1.60. The molecule has 10 nitrogen and oxygen atoms in total. The van der Waals surface area contributed by atoms with Gasteiger partial charge in [0, 0.05) is 24.3 Å². The predicted molar refractivity (Wildman–Crippen MR) is 133 cm³/mol. The topological polar surface area (TPSA) is 114 Å². The summed E-state index contributed by atoms with van der Waals surface area (Å²) in [5, 5.41) is 3.45. The maximum absolute atomic E-state index is 13.6. The number of anilines is 1. The summed E-state index contributed by atoms with van der Waals surface area (Å²) < 4.78 is 19.1. The quantitative estimate of drug-likeness (QED) is 0.418. The number of carbonyl (C=O) groups is 1. The maximum Gasteiger partial charge on any atom is 0.332 e. The van der Waals surface area contributed by atoms with Crippen molar-refractivity contribution in [3.05, 3.63) is 57.4 Å². The van der Waals surface area contributed by atoms with Crippen LogP contribution in [-0.4, -0.2) is 47.0 Å². The van der Waals surface area contributed by atoms with Crippen LogP contribution < -0.4 is 26.0 Å². The summed E-state index contributed by atoms with van der Waals surface area (Å²) in [6, 6.07) is 8.57. The first kappa shape index (κ1) is 23.1. The Kier molecular flexibility index (Phi) is 6.27. The number of amides is 1. The lowest BCUT2D eigenvalue weighted by Crippen LogP contribution is -2.43. The molecule has 0 saturated carbocycles. The van der Waals surface area contributed by atoms with E-state index in [1.807, 2.05) is 0 Å². The lowest BCUT2D eigenvalue weighted by molar-refractivity contribution is -0.116. The second kappa shape index (κ2) is 9.51. The molecule has 4 heterocycles. The number of benzene rings is 1. The molecular weight excluding hydrogens is 472 g/mol. The highest BCUT2D eigenvalue weighted by molar-refractivity contribution is 7.25. The average molecular weight is 497 g/mol. The molecule has 0 unspecified atom stereocenters. The molecule has 5 rings (SSSR count). The van der Waals surface area contributed by atoms with Gasteiger partial charge in [-0.2, -0.15) is 0 Å². The first-order valence-electron chi connectivity index (χ1n) is 11.1. The molecule has 1 atom stereocenters. The molecule has 0 aliphatic carbocycles. The smallest absolute Gasteiger partial charge is 0.332 e. The molecule has 0 radical (unpaired) electrons. The van der Waals surface area contributed by atoms with E-state index < -0.39 is 17.2 Å². The zero-order chi connectivity index (χ0) is 24.5. The number of carbonyl (C=O) groups excluding carboxylic acids is 1. The highest BCUT2D eigenvalue weighted by Crippen LogP contribution is 2.31. The molecule has 0 bridgehead atoms. The molecule has 1 aromatic carbocycles. The minimum absolute atomic E-state index is 0.139. The van der Waals surface area contributed by atoms with Crippen molar-refractivity contribution in [3.63, 3.8) is 0 Å². The van der Waals surface area contributed by atoms with Crippen LogP contribution in [0.5, 0.6) is 11.5 Å². The number of aromatic nitrogens is 3. The van der Waals surface area contributed by atoms with Crippen LogP contribution in [0.2, 0.25) is 0 Å². The third-order valence-corrected chi connectivity index (χ3v) is 7.09. The summed E-state index contributed by atoms with van der Waals surface area (Å²) in [6.07, 6.45) is 3.07. The number of ether oxygens (including phenoxy) is 3. The van der Waals surface area contributed by atoms with E-state index in [-0.39, 0.29) is 19.2 Å². The van der Waals surface area contributed by atoms with E-state index in [2.05, 4.69) is 10.3 Å². The lowest BCUT2D eigenvalue weighted by Gasteiger charge is -2.16. The molecule has 1 aliphatic heterocycles. The van der Waals surface area contributed by atoms with Crippen LogP contribution in [0.4, 0.5) is 5.69 Å². The fraction of sp³-hybridized carbons (Fsp3) is 0.333. The van der Waals surface area contributed by atoms with Gasteiger partial charge in [-0.25, -0.2) is 9.78 Å². The van der Waals surface area contributed by atoms with E-state index in [1.54, 1.807) is 36.5 Å². The van der Waals surface area contributed by atoms with Crippen molar-refractivity contribution in [1.82, 2.24) is 14.1 Å². The zero-order valence-electron chi connectivity index (χ0n) is 19.3. The Hall–Kier alpha value is -3.70. The van der Waals surface area contributed by atoms with Crippen molar-refractivity contribution >= 4 is 43.4 Å². The fourth-order valence-electron chi connectivity index (χ4n) is 4.33. The molecule has 1 amide bonds. The number of hydrogen-bond acceptors (Lipinski definition) is 8. The number of hydrogen-bond donors (Lipinski definition) is 1. The standard InChI is InChI=1S/C24H24N4O6S/c1-32-14-7-8-18(33-2)17(11-14)26-19(29)13-27-20-16-6-3-9-25-22(16)35-21(20)23(30)28(24(27)31)12-15-5-4-10-34-15/h3,6-9,11,15H,4-5,10,12-13H2,1-2H3,(H,26,29)/t15-/m0/s1. The van der Waals surface area contributed by atoms with E-state index in [0.717, 1.165) is 12.8 Å². The number of methoxy groups -OCH3 is 2. The molecule has 0 spiro atoms. The maximum atomic E-state index is 13.6. The zero-order valence-corrected chi connectivity index (χ0v) is 20.1. The van der Waals surface area contributed by atoms with E-state index in [1.165, 1.54) is 34.7 Å². The van der Waals surface area contributed by atoms with Crippen LogP contribution in [0.15, 0.2) is 46.1 Å². The van der Waals surface area contributed by atoms with Crippen LogP contribution in [0.25, 0.3) is 20.4 Å². The van der Waals surface area contributed by atoms with Crippen LogP contribution in [0.1, 0.15) is 12.8 Å². The average Bonchev–Trinajstić information content (AvgIpc) is 3.52. The Morgan fingerprint density at radius 1 is 1.23 bits per heavy atom. The molecule has 182 valence electrons. The van der Waals surface area contributed by atoms with Crippen LogP contribution >= 0.6 is 11.3 Å². The highest BCUT2D eigenvalue weighted by atomic mass is 32.1. The molecule has 1 N–H and O–H groups in total. The van der Waals surface area contributed by atoms with Gasteiger partial charge in [-0.3, -0.25) is 18.7 Å².